The predicted molar refractivity (Wildman–Crippen MR) is 116 cm³/mol. The predicted octanol–water partition coefficient (Wildman–Crippen LogP) is 3.12. The molecule has 30 heavy (non-hydrogen) atoms. The van der Waals surface area contributed by atoms with Crippen molar-refractivity contribution in [2.24, 2.45) is 0 Å². The van der Waals surface area contributed by atoms with Crippen LogP contribution in [0.3, 0.4) is 0 Å². The highest BCUT2D eigenvalue weighted by atomic mass is 16.5. The molecule has 2 fully saturated rings. The van der Waals surface area contributed by atoms with E-state index in [9.17, 15) is 4.79 Å². The average Bonchev–Trinajstić information content (AvgIpc) is 3.59. The Morgan fingerprint density at radius 2 is 2.10 bits per heavy atom. The Morgan fingerprint density at radius 3 is 2.87 bits per heavy atom. The molecular weight excluding hydrogens is 378 g/mol. The number of aromatic nitrogens is 1. The van der Waals surface area contributed by atoms with Gasteiger partial charge < -0.3 is 24.3 Å². The number of nitrogens with one attached hydrogen (secondary N) is 1. The standard InChI is InChI=1S/C24H27N3O3/c1-29-20-6-4-5-19(13-20)26-15-17(21-7-2-3-8-22(21)26)16-27(18-9-10-18)24(28)23-14-25-11-12-30-23/h2-8,13,15,18,23,25H,9-12,14,16H2,1H3. The van der Waals surface area contributed by atoms with E-state index in [0.29, 0.717) is 25.7 Å². The summed E-state index contributed by atoms with van der Waals surface area (Å²) in [6.07, 6.45) is 3.91. The van der Waals surface area contributed by atoms with Gasteiger partial charge in [0.15, 0.2) is 0 Å². The van der Waals surface area contributed by atoms with Crippen molar-refractivity contribution < 1.29 is 14.3 Å². The van der Waals surface area contributed by atoms with Crippen LogP contribution >= 0.6 is 0 Å². The normalized spacial score (nSPS) is 19.0. The van der Waals surface area contributed by atoms with E-state index in [1.165, 1.54) is 5.39 Å². The molecule has 2 heterocycles. The maximum atomic E-state index is 13.2. The summed E-state index contributed by atoms with van der Waals surface area (Å²) in [5.74, 6) is 0.923. The Balaban J connectivity index is 1.50. The lowest BCUT2D eigenvalue weighted by Gasteiger charge is -2.30. The van der Waals surface area contributed by atoms with Crippen molar-refractivity contribution in [1.82, 2.24) is 14.8 Å². The molecule has 6 heteroatoms. The lowest BCUT2D eigenvalue weighted by molar-refractivity contribution is -0.146. The fourth-order valence-electron chi connectivity index (χ4n) is 4.22. The lowest BCUT2D eigenvalue weighted by Crippen LogP contribution is -2.49. The van der Waals surface area contributed by atoms with Crippen molar-refractivity contribution in [2.45, 2.75) is 31.5 Å². The van der Waals surface area contributed by atoms with Crippen LogP contribution < -0.4 is 10.1 Å². The van der Waals surface area contributed by atoms with Gasteiger partial charge in [-0.2, -0.15) is 0 Å². The van der Waals surface area contributed by atoms with Gasteiger partial charge >= 0.3 is 0 Å². The Labute approximate surface area is 176 Å². The molecule has 1 amide bonds. The number of morpholine rings is 1. The van der Waals surface area contributed by atoms with Gasteiger partial charge in [-0.25, -0.2) is 0 Å². The first-order chi connectivity index (χ1) is 14.7. The summed E-state index contributed by atoms with van der Waals surface area (Å²) in [6.45, 7) is 2.58. The molecule has 156 valence electrons. The van der Waals surface area contributed by atoms with Crippen LogP contribution in [-0.4, -0.2) is 54.3 Å². The highest BCUT2D eigenvalue weighted by Crippen LogP contribution is 2.33. The third kappa shape index (κ3) is 3.68. The number of nitrogens with zero attached hydrogens (tertiary/aromatic N) is 2. The van der Waals surface area contributed by atoms with Crippen LogP contribution in [0, 0.1) is 0 Å². The number of hydrogen-bond donors (Lipinski definition) is 1. The zero-order valence-electron chi connectivity index (χ0n) is 17.2. The third-order valence-corrected chi connectivity index (χ3v) is 5.94. The molecule has 2 aliphatic rings. The van der Waals surface area contributed by atoms with E-state index in [2.05, 4.69) is 40.3 Å². The molecule has 1 saturated carbocycles. The minimum absolute atomic E-state index is 0.0999. The summed E-state index contributed by atoms with van der Waals surface area (Å²) in [6, 6.07) is 16.7. The van der Waals surface area contributed by atoms with E-state index in [1.54, 1.807) is 7.11 Å². The second-order valence-electron chi connectivity index (χ2n) is 8.00. The Kier molecular flexibility index (Phi) is 5.19. The highest BCUT2D eigenvalue weighted by molar-refractivity contribution is 5.87. The zero-order chi connectivity index (χ0) is 20.5. The van der Waals surface area contributed by atoms with Gasteiger partial charge in [0.2, 0.25) is 0 Å². The van der Waals surface area contributed by atoms with Crippen molar-refractivity contribution in [2.75, 3.05) is 26.8 Å². The summed E-state index contributed by atoms with van der Waals surface area (Å²) < 4.78 is 13.3. The number of rotatable bonds is 6. The van der Waals surface area contributed by atoms with Gasteiger partial charge in [-0.1, -0.05) is 24.3 Å². The summed E-state index contributed by atoms with van der Waals surface area (Å²) in [7, 11) is 1.68. The average molecular weight is 405 g/mol. The molecule has 5 rings (SSSR count). The van der Waals surface area contributed by atoms with Gasteiger partial charge in [-0.15, -0.1) is 0 Å². The molecule has 0 radical (unpaired) electrons. The fourth-order valence-corrected chi connectivity index (χ4v) is 4.22. The van der Waals surface area contributed by atoms with Gasteiger partial charge in [0.1, 0.15) is 11.9 Å². The summed E-state index contributed by atoms with van der Waals surface area (Å²) in [5.41, 5.74) is 3.32. The van der Waals surface area contributed by atoms with Crippen molar-refractivity contribution in [3.8, 4) is 11.4 Å². The number of carbonyl (C=O) groups excluding carboxylic acids is 1. The first-order valence-electron chi connectivity index (χ1n) is 10.6. The molecule has 1 aliphatic carbocycles. The number of para-hydroxylation sites is 1. The van der Waals surface area contributed by atoms with Crippen molar-refractivity contribution in [1.29, 1.82) is 0 Å². The molecule has 0 bridgehead atoms. The van der Waals surface area contributed by atoms with Gasteiger partial charge in [0, 0.05) is 49.0 Å². The maximum Gasteiger partial charge on any atom is 0.253 e. The first-order valence-corrected chi connectivity index (χ1v) is 10.6. The Hall–Kier alpha value is -2.83. The largest absolute Gasteiger partial charge is 0.497 e. The molecule has 1 unspecified atom stereocenters. The molecule has 6 nitrogen and oxygen atoms in total. The second kappa shape index (κ2) is 8.13. The molecule has 1 N–H and O–H groups in total. The van der Waals surface area contributed by atoms with Gasteiger partial charge in [-0.05, 0) is 36.6 Å². The maximum absolute atomic E-state index is 13.2. The van der Waals surface area contributed by atoms with Crippen LogP contribution in [-0.2, 0) is 16.1 Å². The van der Waals surface area contributed by atoms with Gasteiger partial charge in [-0.3, -0.25) is 4.79 Å². The molecule has 1 aromatic heterocycles. The highest BCUT2D eigenvalue weighted by Gasteiger charge is 2.37. The first kappa shape index (κ1) is 19.2. The minimum atomic E-state index is -0.383. The van der Waals surface area contributed by atoms with E-state index in [-0.39, 0.29) is 12.0 Å². The SMILES string of the molecule is COc1cccc(-n2cc(CN(C(=O)C3CNCCO3)C3CC3)c3ccccc32)c1. The third-order valence-electron chi connectivity index (χ3n) is 5.94. The molecular formula is C24H27N3O3. The molecule has 3 aromatic rings. The number of ether oxygens (including phenoxy) is 2. The monoisotopic (exact) mass is 405 g/mol. The Bertz CT molecular complexity index is 1050. The smallest absolute Gasteiger partial charge is 0.253 e. The quantitative estimate of drug-likeness (QED) is 0.685. The summed E-state index contributed by atoms with van der Waals surface area (Å²) in [5, 5.41) is 4.44. The zero-order valence-corrected chi connectivity index (χ0v) is 17.2. The van der Waals surface area contributed by atoms with Gasteiger partial charge in [0.05, 0.1) is 19.2 Å². The van der Waals surface area contributed by atoms with Crippen LogP contribution in [0.4, 0.5) is 0 Å². The van der Waals surface area contributed by atoms with E-state index in [1.807, 2.05) is 29.2 Å². The van der Waals surface area contributed by atoms with E-state index < -0.39 is 0 Å². The van der Waals surface area contributed by atoms with Crippen molar-refractivity contribution in [3.63, 3.8) is 0 Å². The topological polar surface area (TPSA) is 55.7 Å². The van der Waals surface area contributed by atoms with Crippen LogP contribution in [0.1, 0.15) is 18.4 Å². The molecule has 2 aromatic carbocycles. The lowest BCUT2D eigenvalue weighted by atomic mass is 10.1. The van der Waals surface area contributed by atoms with Crippen LogP contribution in [0.5, 0.6) is 5.75 Å². The van der Waals surface area contributed by atoms with Crippen LogP contribution in [0.25, 0.3) is 16.6 Å². The number of carbonyl (C=O) groups is 1. The molecule has 0 spiro atoms. The van der Waals surface area contributed by atoms with E-state index >= 15 is 0 Å². The molecule has 1 aliphatic heterocycles. The molecule has 1 atom stereocenters. The fraction of sp³-hybridized carbons (Fsp3) is 0.375. The van der Waals surface area contributed by atoms with Crippen molar-refractivity contribution in [3.05, 3.63) is 60.3 Å². The Morgan fingerprint density at radius 1 is 1.23 bits per heavy atom. The molecule has 1 saturated heterocycles. The minimum Gasteiger partial charge on any atom is -0.497 e. The van der Waals surface area contributed by atoms with Crippen molar-refractivity contribution >= 4 is 16.8 Å². The second-order valence-corrected chi connectivity index (χ2v) is 8.00. The summed E-state index contributed by atoms with van der Waals surface area (Å²) in [4.78, 5) is 15.2. The summed E-state index contributed by atoms with van der Waals surface area (Å²) >= 11 is 0. The number of hydrogen-bond acceptors (Lipinski definition) is 4. The van der Waals surface area contributed by atoms with Crippen LogP contribution in [0.2, 0.25) is 0 Å². The van der Waals surface area contributed by atoms with E-state index in [0.717, 1.165) is 41.9 Å². The van der Waals surface area contributed by atoms with Crippen LogP contribution in [0.15, 0.2) is 54.7 Å². The number of benzene rings is 2. The number of amides is 1. The number of fused-ring (bicyclic) bond motifs is 1. The van der Waals surface area contributed by atoms with Gasteiger partial charge in [0.25, 0.3) is 5.91 Å². The van der Waals surface area contributed by atoms with E-state index in [4.69, 9.17) is 9.47 Å². The number of methoxy groups -OCH3 is 1.